The Kier molecular flexibility index (Phi) is 5.56. The Hall–Kier alpha value is -2.80. The zero-order valence-corrected chi connectivity index (χ0v) is 12.5. The lowest BCUT2D eigenvalue weighted by atomic mass is 10.1. The van der Waals surface area contributed by atoms with Gasteiger partial charge in [0.1, 0.15) is 5.75 Å². The summed E-state index contributed by atoms with van der Waals surface area (Å²) in [6, 6.07) is 17.0. The smallest absolute Gasteiger partial charge is 0.220 e. The lowest BCUT2D eigenvalue weighted by molar-refractivity contribution is -0.121. The van der Waals surface area contributed by atoms with Gasteiger partial charge < -0.3 is 10.1 Å². The van der Waals surface area contributed by atoms with Crippen LogP contribution >= 0.6 is 0 Å². The van der Waals surface area contributed by atoms with Crippen LogP contribution in [0.15, 0.2) is 48.5 Å². The molecule has 0 unspecified atom stereocenters. The molecule has 2 aromatic rings. The number of ether oxygens (including phenoxy) is 1. The maximum atomic E-state index is 11.9. The molecule has 1 N–H and O–H groups in total. The van der Waals surface area contributed by atoms with Gasteiger partial charge in [-0.3, -0.25) is 4.79 Å². The third kappa shape index (κ3) is 4.64. The molecule has 112 valence electrons. The van der Waals surface area contributed by atoms with Crippen LogP contribution in [-0.4, -0.2) is 13.0 Å². The second-order valence-electron chi connectivity index (χ2n) is 4.94. The topological polar surface area (TPSA) is 62.1 Å². The lowest BCUT2D eigenvalue weighted by Crippen LogP contribution is -2.22. The fourth-order valence-electron chi connectivity index (χ4n) is 2.07. The lowest BCUT2D eigenvalue weighted by Gasteiger charge is -2.07. The molecular formula is C18H18N2O2. The molecular weight excluding hydrogens is 276 g/mol. The summed E-state index contributed by atoms with van der Waals surface area (Å²) in [7, 11) is 1.63. The summed E-state index contributed by atoms with van der Waals surface area (Å²) in [5.74, 6) is 0.808. The number of methoxy groups -OCH3 is 1. The highest BCUT2D eigenvalue weighted by atomic mass is 16.5. The van der Waals surface area contributed by atoms with Crippen LogP contribution in [0.3, 0.4) is 0 Å². The van der Waals surface area contributed by atoms with Crippen molar-refractivity contribution in [2.45, 2.75) is 19.4 Å². The van der Waals surface area contributed by atoms with Crippen molar-refractivity contribution in [2.75, 3.05) is 7.11 Å². The monoisotopic (exact) mass is 294 g/mol. The van der Waals surface area contributed by atoms with Gasteiger partial charge >= 0.3 is 0 Å². The van der Waals surface area contributed by atoms with Crippen LogP contribution in [0, 0.1) is 11.3 Å². The van der Waals surface area contributed by atoms with E-state index in [1.165, 1.54) is 0 Å². The molecule has 0 saturated heterocycles. The molecule has 1 amide bonds. The molecule has 0 aliphatic rings. The number of hydrogen-bond donors (Lipinski definition) is 1. The van der Waals surface area contributed by atoms with E-state index in [4.69, 9.17) is 10.00 Å². The van der Waals surface area contributed by atoms with Crippen LogP contribution in [0.5, 0.6) is 5.75 Å². The number of nitrogens with zero attached hydrogens (tertiary/aromatic N) is 1. The van der Waals surface area contributed by atoms with E-state index >= 15 is 0 Å². The number of carbonyl (C=O) groups is 1. The first-order chi connectivity index (χ1) is 10.7. The zero-order valence-electron chi connectivity index (χ0n) is 12.5. The summed E-state index contributed by atoms with van der Waals surface area (Å²) in [6.45, 7) is 0.475. The van der Waals surface area contributed by atoms with Crippen molar-refractivity contribution in [3.05, 3.63) is 65.2 Å². The minimum Gasteiger partial charge on any atom is -0.497 e. The summed E-state index contributed by atoms with van der Waals surface area (Å²) in [4.78, 5) is 11.9. The van der Waals surface area contributed by atoms with E-state index in [0.717, 1.165) is 16.9 Å². The number of rotatable bonds is 6. The normalized spacial score (nSPS) is 9.82. The molecule has 0 aliphatic carbocycles. The highest BCUT2D eigenvalue weighted by Crippen LogP contribution is 2.13. The molecule has 22 heavy (non-hydrogen) atoms. The summed E-state index contributed by atoms with van der Waals surface area (Å²) >= 11 is 0. The van der Waals surface area contributed by atoms with E-state index < -0.39 is 0 Å². The SMILES string of the molecule is COc1cccc(CCC(=O)NCc2ccc(C#N)cc2)c1. The molecule has 0 aliphatic heterocycles. The van der Waals surface area contributed by atoms with E-state index in [1.54, 1.807) is 19.2 Å². The highest BCUT2D eigenvalue weighted by molar-refractivity contribution is 5.76. The fraction of sp³-hybridized carbons (Fsp3) is 0.222. The predicted octanol–water partition coefficient (Wildman–Crippen LogP) is 2.82. The molecule has 4 nitrogen and oxygen atoms in total. The van der Waals surface area contributed by atoms with Gasteiger partial charge in [0, 0.05) is 13.0 Å². The third-order valence-corrected chi connectivity index (χ3v) is 3.35. The van der Waals surface area contributed by atoms with Gasteiger partial charge in [0.25, 0.3) is 0 Å². The van der Waals surface area contributed by atoms with Crippen LogP contribution in [-0.2, 0) is 17.8 Å². The van der Waals surface area contributed by atoms with Crippen molar-refractivity contribution in [2.24, 2.45) is 0 Å². The Bertz CT molecular complexity index is 672. The fourth-order valence-corrected chi connectivity index (χ4v) is 2.07. The van der Waals surface area contributed by atoms with Crippen LogP contribution in [0.4, 0.5) is 0 Å². The van der Waals surface area contributed by atoms with Crippen molar-refractivity contribution in [3.8, 4) is 11.8 Å². The predicted molar refractivity (Wildman–Crippen MR) is 84.3 cm³/mol. The molecule has 0 fully saturated rings. The molecule has 4 heteroatoms. The van der Waals surface area contributed by atoms with E-state index in [2.05, 4.69) is 11.4 Å². The van der Waals surface area contributed by atoms with Gasteiger partial charge in [-0.15, -0.1) is 0 Å². The van der Waals surface area contributed by atoms with Gasteiger partial charge in [-0.25, -0.2) is 0 Å². The van der Waals surface area contributed by atoms with Crippen molar-refractivity contribution < 1.29 is 9.53 Å². The Morgan fingerprint density at radius 1 is 1.18 bits per heavy atom. The van der Waals surface area contributed by atoms with Crippen LogP contribution in [0.2, 0.25) is 0 Å². The maximum absolute atomic E-state index is 11.9. The Balaban J connectivity index is 1.79. The third-order valence-electron chi connectivity index (χ3n) is 3.35. The van der Waals surface area contributed by atoms with Gasteiger partial charge in [-0.2, -0.15) is 5.26 Å². The average Bonchev–Trinajstić information content (AvgIpc) is 2.58. The zero-order chi connectivity index (χ0) is 15.8. The van der Waals surface area contributed by atoms with E-state index in [-0.39, 0.29) is 5.91 Å². The van der Waals surface area contributed by atoms with Gasteiger partial charge in [-0.1, -0.05) is 24.3 Å². The quantitative estimate of drug-likeness (QED) is 0.891. The first kappa shape index (κ1) is 15.6. The number of carbonyl (C=O) groups excluding carboxylic acids is 1. The molecule has 0 heterocycles. The van der Waals surface area contributed by atoms with E-state index in [0.29, 0.717) is 24.9 Å². The second kappa shape index (κ2) is 7.84. The minimum atomic E-state index is 0.00665. The number of aryl methyl sites for hydroxylation is 1. The van der Waals surface area contributed by atoms with E-state index in [1.807, 2.05) is 36.4 Å². The van der Waals surface area contributed by atoms with Crippen molar-refractivity contribution >= 4 is 5.91 Å². The summed E-state index contributed by atoms with van der Waals surface area (Å²) < 4.78 is 5.16. The second-order valence-corrected chi connectivity index (χ2v) is 4.94. The minimum absolute atomic E-state index is 0.00665. The number of hydrogen-bond acceptors (Lipinski definition) is 3. The van der Waals surface area contributed by atoms with Crippen LogP contribution in [0.1, 0.15) is 23.1 Å². The largest absolute Gasteiger partial charge is 0.497 e. The van der Waals surface area contributed by atoms with Gasteiger partial charge in [0.2, 0.25) is 5.91 Å². The molecule has 0 atom stereocenters. The van der Waals surface area contributed by atoms with Crippen molar-refractivity contribution in [1.82, 2.24) is 5.32 Å². The van der Waals surface area contributed by atoms with Crippen molar-refractivity contribution in [3.63, 3.8) is 0 Å². The van der Waals surface area contributed by atoms with Gasteiger partial charge in [0.05, 0.1) is 18.7 Å². The molecule has 0 aromatic heterocycles. The number of nitriles is 1. The first-order valence-corrected chi connectivity index (χ1v) is 7.10. The van der Waals surface area contributed by atoms with Crippen LogP contribution < -0.4 is 10.1 Å². The Morgan fingerprint density at radius 3 is 2.64 bits per heavy atom. The molecule has 2 aromatic carbocycles. The van der Waals surface area contributed by atoms with Crippen molar-refractivity contribution in [1.29, 1.82) is 5.26 Å². The molecule has 0 spiro atoms. The summed E-state index contributed by atoms with van der Waals surface area (Å²) in [6.07, 6.45) is 1.11. The van der Waals surface area contributed by atoms with E-state index in [9.17, 15) is 4.79 Å². The first-order valence-electron chi connectivity index (χ1n) is 7.10. The molecule has 0 radical (unpaired) electrons. The molecule has 0 bridgehead atoms. The summed E-state index contributed by atoms with van der Waals surface area (Å²) in [5, 5.41) is 11.6. The van der Waals surface area contributed by atoms with Gasteiger partial charge in [-0.05, 0) is 41.8 Å². The van der Waals surface area contributed by atoms with Crippen LogP contribution in [0.25, 0.3) is 0 Å². The standard InChI is InChI=1S/C18H18N2O2/c1-22-17-4-2-3-14(11-17)9-10-18(21)20-13-16-7-5-15(12-19)6-8-16/h2-8,11H,9-10,13H2,1H3,(H,20,21). The number of nitrogens with one attached hydrogen (secondary N) is 1. The number of amides is 1. The maximum Gasteiger partial charge on any atom is 0.220 e. The molecule has 0 saturated carbocycles. The highest BCUT2D eigenvalue weighted by Gasteiger charge is 2.03. The Labute approximate surface area is 130 Å². The Morgan fingerprint density at radius 2 is 1.95 bits per heavy atom. The van der Waals surface area contributed by atoms with Gasteiger partial charge in [0.15, 0.2) is 0 Å². The summed E-state index contributed by atoms with van der Waals surface area (Å²) in [5.41, 5.74) is 2.68. The average molecular weight is 294 g/mol. The molecule has 2 rings (SSSR count). The number of benzene rings is 2.